The monoisotopic (exact) mass is 271 g/mol. The lowest BCUT2D eigenvalue weighted by atomic mass is 10.0. The normalized spacial score (nSPS) is 20.6. The number of carbonyl (C=O) groups excluding carboxylic acids is 1. The Morgan fingerprint density at radius 1 is 1.59 bits per heavy atom. The van der Waals surface area contributed by atoms with Gasteiger partial charge in [0.05, 0.1) is 5.75 Å². The Balaban J connectivity index is 1.80. The summed E-state index contributed by atoms with van der Waals surface area (Å²) in [5, 5.41) is 8.90. The maximum absolute atomic E-state index is 12.0. The molecule has 1 aliphatic rings. The van der Waals surface area contributed by atoms with E-state index in [1.54, 1.807) is 11.3 Å². The molecule has 1 saturated heterocycles. The maximum atomic E-state index is 12.0. The lowest BCUT2D eigenvalue weighted by Gasteiger charge is -2.30. The van der Waals surface area contributed by atoms with Crippen LogP contribution >= 0.6 is 23.1 Å². The third kappa shape index (κ3) is 3.67. The molecule has 6 heteroatoms. The third-order valence-electron chi connectivity index (χ3n) is 2.84. The Labute approximate surface area is 110 Å². The summed E-state index contributed by atoms with van der Waals surface area (Å²) in [6.45, 7) is 5.96. The Hall–Kier alpha value is -0.620. The van der Waals surface area contributed by atoms with Crippen LogP contribution in [-0.2, 0) is 4.79 Å². The molecule has 1 unspecified atom stereocenters. The number of piperidine rings is 1. The molecule has 1 aromatic heterocycles. The molecular weight excluding hydrogens is 254 g/mol. The molecule has 1 atom stereocenters. The number of aromatic nitrogens is 2. The summed E-state index contributed by atoms with van der Waals surface area (Å²) in [6, 6.07) is 0. The summed E-state index contributed by atoms with van der Waals surface area (Å²) < 4.78 is 0.890. The Bertz CT molecular complexity index is 394. The van der Waals surface area contributed by atoms with Crippen molar-refractivity contribution in [1.82, 2.24) is 15.1 Å². The predicted octanol–water partition coefficient (Wildman–Crippen LogP) is 2.20. The van der Waals surface area contributed by atoms with E-state index in [0.717, 1.165) is 28.9 Å². The van der Waals surface area contributed by atoms with Gasteiger partial charge in [0.2, 0.25) is 5.91 Å². The molecule has 2 heterocycles. The van der Waals surface area contributed by atoms with Gasteiger partial charge in [-0.05, 0) is 25.7 Å². The van der Waals surface area contributed by atoms with Gasteiger partial charge in [-0.1, -0.05) is 30.0 Å². The fraction of sp³-hybridized carbons (Fsp3) is 0.727. The van der Waals surface area contributed by atoms with Gasteiger partial charge < -0.3 is 4.90 Å². The van der Waals surface area contributed by atoms with Gasteiger partial charge >= 0.3 is 0 Å². The molecule has 2 rings (SSSR count). The number of hydrogen-bond acceptors (Lipinski definition) is 5. The number of aryl methyl sites for hydroxylation is 1. The molecule has 1 aliphatic heterocycles. The zero-order valence-corrected chi connectivity index (χ0v) is 11.8. The van der Waals surface area contributed by atoms with Gasteiger partial charge in [0.25, 0.3) is 0 Å². The third-order valence-corrected chi connectivity index (χ3v) is 4.79. The smallest absolute Gasteiger partial charge is 0.233 e. The number of thioether (sulfide) groups is 1. The van der Waals surface area contributed by atoms with Gasteiger partial charge in [-0.2, -0.15) is 0 Å². The van der Waals surface area contributed by atoms with Crippen LogP contribution in [0, 0.1) is 12.8 Å². The second-order valence-corrected chi connectivity index (χ2v) is 6.87. The van der Waals surface area contributed by atoms with E-state index in [9.17, 15) is 4.79 Å². The lowest BCUT2D eigenvalue weighted by molar-refractivity contribution is -0.130. The molecule has 17 heavy (non-hydrogen) atoms. The standard InChI is InChI=1S/C11H17N3OS2/c1-8-4-3-5-14(6-8)10(15)7-16-11-13-12-9(2)17-11/h8H,3-7H2,1-2H3. The average molecular weight is 271 g/mol. The van der Waals surface area contributed by atoms with Gasteiger partial charge in [-0.3, -0.25) is 4.79 Å². The average Bonchev–Trinajstić information content (AvgIpc) is 2.72. The van der Waals surface area contributed by atoms with Crippen LogP contribution in [0.2, 0.25) is 0 Å². The van der Waals surface area contributed by atoms with Crippen LogP contribution in [0.5, 0.6) is 0 Å². The molecule has 0 bridgehead atoms. The zero-order valence-electron chi connectivity index (χ0n) is 10.2. The Morgan fingerprint density at radius 3 is 3.06 bits per heavy atom. The summed E-state index contributed by atoms with van der Waals surface area (Å²) in [5.41, 5.74) is 0. The van der Waals surface area contributed by atoms with Crippen LogP contribution in [-0.4, -0.2) is 39.8 Å². The minimum atomic E-state index is 0.231. The molecule has 1 amide bonds. The summed E-state index contributed by atoms with van der Waals surface area (Å²) in [7, 11) is 0. The van der Waals surface area contributed by atoms with Crippen molar-refractivity contribution in [3.05, 3.63) is 5.01 Å². The molecule has 0 saturated carbocycles. The largest absolute Gasteiger partial charge is 0.342 e. The maximum Gasteiger partial charge on any atom is 0.233 e. The van der Waals surface area contributed by atoms with E-state index in [0.29, 0.717) is 11.7 Å². The van der Waals surface area contributed by atoms with Crippen LogP contribution in [0.1, 0.15) is 24.8 Å². The molecule has 0 N–H and O–H groups in total. The highest BCUT2D eigenvalue weighted by Gasteiger charge is 2.21. The van der Waals surface area contributed by atoms with Gasteiger partial charge in [0, 0.05) is 13.1 Å². The summed E-state index contributed by atoms with van der Waals surface area (Å²) in [6.07, 6.45) is 2.38. The van der Waals surface area contributed by atoms with Crippen LogP contribution in [0.3, 0.4) is 0 Å². The first-order valence-corrected chi connectivity index (χ1v) is 7.66. The quantitative estimate of drug-likeness (QED) is 0.791. The number of nitrogens with zero attached hydrogens (tertiary/aromatic N) is 3. The van der Waals surface area contributed by atoms with Crippen molar-refractivity contribution < 1.29 is 4.79 Å². The Morgan fingerprint density at radius 2 is 2.41 bits per heavy atom. The highest BCUT2D eigenvalue weighted by Crippen LogP contribution is 2.23. The first-order valence-electron chi connectivity index (χ1n) is 5.86. The Kier molecular flexibility index (Phi) is 4.39. The van der Waals surface area contributed by atoms with Crippen molar-refractivity contribution >= 4 is 29.0 Å². The highest BCUT2D eigenvalue weighted by atomic mass is 32.2. The van der Waals surface area contributed by atoms with Gasteiger partial charge in [0.1, 0.15) is 5.01 Å². The number of amides is 1. The number of carbonyl (C=O) groups is 1. The van der Waals surface area contributed by atoms with E-state index in [1.165, 1.54) is 18.2 Å². The van der Waals surface area contributed by atoms with Crippen LogP contribution < -0.4 is 0 Å². The predicted molar refractivity (Wildman–Crippen MR) is 70.3 cm³/mol. The molecule has 0 aromatic carbocycles. The van der Waals surface area contributed by atoms with Crippen molar-refractivity contribution in [2.24, 2.45) is 5.92 Å². The van der Waals surface area contributed by atoms with E-state index in [4.69, 9.17) is 0 Å². The molecular formula is C11H17N3OS2. The van der Waals surface area contributed by atoms with Crippen LogP contribution in [0.4, 0.5) is 0 Å². The molecule has 0 spiro atoms. The minimum Gasteiger partial charge on any atom is -0.342 e. The number of rotatable bonds is 3. The summed E-state index contributed by atoms with van der Waals surface area (Å²) >= 11 is 3.04. The van der Waals surface area contributed by atoms with E-state index in [2.05, 4.69) is 17.1 Å². The zero-order chi connectivity index (χ0) is 12.3. The van der Waals surface area contributed by atoms with E-state index < -0.39 is 0 Å². The van der Waals surface area contributed by atoms with Crippen molar-refractivity contribution in [3.63, 3.8) is 0 Å². The van der Waals surface area contributed by atoms with E-state index in [1.807, 2.05) is 11.8 Å². The van der Waals surface area contributed by atoms with Crippen molar-refractivity contribution in [2.75, 3.05) is 18.8 Å². The van der Waals surface area contributed by atoms with Crippen molar-refractivity contribution in [2.45, 2.75) is 31.0 Å². The topological polar surface area (TPSA) is 46.1 Å². The van der Waals surface area contributed by atoms with Crippen molar-refractivity contribution in [1.29, 1.82) is 0 Å². The molecule has 4 nitrogen and oxygen atoms in total. The second-order valence-electron chi connectivity index (χ2n) is 4.46. The molecule has 0 radical (unpaired) electrons. The highest BCUT2D eigenvalue weighted by molar-refractivity contribution is 8.01. The van der Waals surface area contributed by atoms with Crippen LogP contribution in [0.25, 0.3) is 0 Å². The lowest BCUT2D eigenvalue weighted by Crippen LogP contribution is -2.40. The van der Waals surface area contributed by atoms with Gasteiger partial charge in [-0.15, -0.1) is 10.2 Å². The van der Waals surface area contributed by atoms with Crippen LogP contribution in [0.15, 0.2) is 4.34 Å². The fourth-order valence-electron chi connectivity index (χ4n) is 1.97. The molecule has 0 aliphatic carbocycles. The SMILES string of the molecule is Cc1nnc(SCC(=O)N2CCCC(C)C2)s1. The number of likely N-dealkylation sites (tertiary alicyclic amines) is 1. The minimum absolute atomic E-state index is 0.231. The first kappa shape index (κ1) is 12.8. The molecule has 1 fully saturated rings. The van der Waals surface area contributed by atoms with Gasteiger partial charge in [-0.25, -0.2) is 0 Å². The van der Waals surface area contributed by atoms with Gasteiger partial charge in [0.15, 0.2) is 4.34 Å². The first-order chi connectivity index (χ1) is 8.15. The summed E-state index contributed by atoms with van der Waals surface area (Å²) in [4.78, 5) is 14.0. The van der Waals surface area contributed by atoms with E-state index in [-0.39, 0.29) is 5.91 Å². The van der Waals surface area contributed by atoms with Crippen molar-refractivity contribution in [3.8, 4) is 0 Å². The fourth-order valence-corrected chi connectivity index (χ4v) is 3.69. The molecule has 1 aromatic rings. The summed E-state index contributed by atoms with van der Waals surface area (Å²) in [5.74, 6) is 1.36. The number of hydrogen-bond donors (Lipinski definition) is 0. The molecule has 94 valence electrons. The second kappa shape index (κ2) is 5.82. The van der Waals surface area contributed by atoms with E-state index >= 15 is 0 Å².